The molecule has 1 aromatic heterocycles. The summed E-state index contributed by atoms with van der Waals surface area (Å²) in [6, 6.07) is 1.12. The van der Waals surface area contributed by atoms with Gasteiger partial charge in [0.2, 0.25) is 0 Å². The maximum atomic E-state index is 13.1. The fourth-order valence-electron chi connectivity index (χ4n) is 2.42. The molecule has 1 aromatic rings. The van der Waals surface area contributed by atoms with Crippen LogP contribution in [0.5, 0.6) is 0 Å². The van der Waals surface area contributed by atoms with Crippen molar-refractivity contribution >= 4 is 17.5 Å². The summed E-state index contributed by atoms with van der Waals surface area (Å²) < 4.78 is 13.1. The van der Waals surface area contributed by atoms with Crippen molar-refractivity contribution in [1.29, 1.82) is 0 Å². The Kier molecular flexibility index (Phi) is 5.31. The number of halogens is 2. The molecule has 0 spiro atoms. The summed E-state index contributed by atoms with van der Waals surface area (Å²) in [5.74, 6) is -0.447. The van der Waals surface area contributed by atoms with E-state index in [0.717, 1.165) is 44.7 Å². The summed E-state index contributed by atoms with van der Waals surface area (Å²) in [6.07, 6.45) is 3.14. The van der Waals surface area contributed by atoms with Gasteiger partial charge in [0.05, 0.1) is 11.8 Å². The first-order valence-corrected chi connectivity index (χ1v) is 7.29. The van der Waals surface area contributed by atoms with Crippen molar-refractivity contribution in [2.24, 2.45) is 5.92 Å². The smallest absolute Gasteiger partial charge is 0.254 e. The molecular weight excluding hydrogens is 281 g/mol. The van der Waals surface area contributed by atoms with Crippen LogP contribution in [0.3, 0.4) is 0 Å². The Balaban J connectivity index is 1.85. The van der Waals surface area contributed by atoms with E-state index in [4.69, 9.17) is 11.6 Å². The predicted octanol–water partition coefficient (Wildman–Crippen LogP) is 2.34. The fraction of sp³-hybridized carbons (Fsp3) is 0.571. The highest BCUT2D eigenvalue weighted by molar-refractivity contribution is 6.32. The van der Waals surface area contributed by atoms with E-state index >= 15 is 0 Å². The van der Waals surface area contributed by atoms with Crippen LogP contribution in [-0.2, 0) is 0 Å². The number of rotatable bonds is 4. The first-order chi connectivity index (χ1) is 9.60. The van der Waals surface area contributed by atoms with Gasteiger partial charge in [-0.2, -0.15) is 0 Å². The summed E-state index contributed by atoms with van der Waals surface area (Å²) in [5.41, 5.74) is 0.0951. The lowest BCUT2D eigenvalue weighted by molar-refractivity contribution is 0.0936. The molecule has 110 valence electrons. The number of hydrogen-bond donors (Lipinski definition) is 1. The quantitative estimate of drug-likeness (QED) is 0.868. The molecule has 0 aliphatic carbocycles. The Morgan fingerprint density at radius 3 is 2.90 bits per heavy atom. The molecule has 1 N–H and O–H groups in total. The fourth-order valence-corrected chi connectivity index (χ4v) is 2.61. The molecule has 1 aliphatic heterocycles. The second kappa shape index (κ2) is 6.99. The third kappa shape index (κ3) is 3.90. The van der Waals surface area contributed by atoms with Crippen LogP contribution in [0.25, 0.3) is 0 Å². The number of carbonyl (C=O) groups is 1. The summed E-state index contributed by atoms with van der Waals surface area (Å²) in [6.45, 7) is 5.96. The van der Waals surface area contributed by atoms with Gasteiger partial charge in [-0.05, 0) is 44.5 Å². The highest BCUT2D eigenvalue weighted by Gasteiger charge is 2.19. The molecule has 2 heterocycles. The predicted molar refractivity (Wildman–Crippen MR) is 76.4 cm³/mol. The Morgan fingerprint density at radius 1 is 1.55 bits per heavy atom. The lowest BCUT2D eigenvalue weighted by atomic mass is 9.97. The Labute approximate surface area is 123 Å². The molecule has 0 saturated carbocycles. The first kappa shape index (κ1) is 15.2. The molecule has 1 saturated heterocycles. The number of pyridine rings is 1. The van der Waals surface area contributed by atoms with Crippen molar-refractivity contribution in [2.45, 2.75) is 19.8 Å². The second-order valence-electron chi connectivity index (χ2n) is 5.08. The number of piperidine rings is 1. The normalized spacial score (nSPS) is 17.1. The number of likely N-dealkylation sites (tertiary alicyclic amines) is 1. The molecule has 1 amide bonds. The highest BCUT2D eigenvalue weighted by atomic mass is 35.5. The molecule has 20 heavy (non-hydrogen) atoms. The maximum absolute atomic E-state index is 13.1. The average molecular weight is 300 g/mol. The van der Waals surface area contributed by atoms with Crippen molar-refractivity contribution in [3.63, 3.8) is 0 Å². The van der Waals surface area contributed by atoms with Gasteiger partial charge in [-0.15, -0.1) is 0 Å². The van der Waals surface area contributed by atoms with Gasteiger partial charge < -0.3 is 10.2 Å². The summed E-state index contributed by atoms with van der Waals surface area (Å²) in [4.78, 5) is 18.0. The van der Waals surface area contributed by atoms with Crippen LogP contribution in [0, 0.1) is 11.7 Å². The third-order valence-corrected chi connectivity index (χ3v) is 4.06. The number of carbonyl (C=O) groups excluding carboxylic acids is 1. The number of aromatic nitrogens is 1. The van der Waals surface area contributed by atoms with E-state index in [9.17, 15) is 9.18 Å². The molecule has 0 radical (unpaired) electrons. The van der Waals surface area contributed by atoms with Crippen molar-refractivity contribution < 1.29 is 9.18 Å². The number of hydrogen-bond acceptors (Lipinski definition) is 3. The lowest BCUT2D eigenvalue weighted by Gasteiger charge is -2.31. The lowest BCUT2D eigenvalue weighted by Crippen LogP contribution is -2.38. The van der Waals surface area contributed by atoms with E-state index in [-0.39, 0.29) is 16.6 Å². The van der Waals surface area contributed by atoms with Gasteiger partial charge in [-0.3, -0.25) is 4.79 Å². The Bertz CT molecular complexity index is 475. The molecular formula is C14H19ClFN3O. The van der Waals surface area contributed by atoms with Gasteiger partial charge in [0.1, 0.15) is 11.0 Å². The third-order valence-electron chi connectivity index (χ3n) is 3.76. The van der Waals surface area contributed by atoms with Crippen molar-refractivity contribution in [1.82, 2.24) is 15.2 Å². The van der Waals surface area contributed by atoms with Gasteiger partial charge in [0, 0.05) is 6.54 Å². The molecule has 0 aromatic carbocycles. The average Bonchev–Trinajstić information content (AvgIpc) is 2.47. The molecule has 2 rings (SSSR count). The van der Waals surface area contributed by atoms with Crippen molar-refractivity contribution in [3.05, 3.63) is 28.8 Å². The minimum Gasteiger partial charge on any atom is -0.352 e. The van der Waals surface area contributed by atoms with Crippen LogP contribution in [0.4, 0.5) is 4.39 Å². The summed E-state index contributed by atoms with van der Waals surface area (Å²) >= 11 is 5.81. The van der Waals surface area contributed by atoms with Gasteiger partial charge in [-0.1, -0.05) is 18.5 Å². The number of amides is 1. The highest BCUT2D eigenvalue weighted by Crippen LogP contribution is 2.17. The van der Waals surface area contributed by atoms with Gasteiger partial charge in [0.25, 0.3) is 5.91 Å². The minimum absolute atomic E-state index is 0.0321. The van der Waals surface area contributed by atoms with Gasteiger partial charge in [-0.25, -0.2) is 9.37 Å². The van der Waals surface area contributed by atoms with Gasteiger partial charge in [0.15, 0.2) is 0 Å². The van der Waals surface area contributed by atoms with Crippen LogP contribution in [0.2, 0.25) is 5.15 Å². The van der Waals surface area contributed by atoms with Crippen molar-refractivity contribution in [2.75, 3.05) is 26.2 Å². The molecule has 0 bridgehead atoms. The molecule has 1 fully saturated rings. The van der Waals surface area contributed by atoms with E-state index in [2.05, 4.69) is 22.1 Å². The SMILES string of the molecule is CCN1CCC(CNC(=O)c2cc(F)cnc2Cl)CC1. The number of nitrogens with one attached hydrogen (secondary N) is 1. The standard InChI is InChI=1S/C14H19ClFN3O/c1-2-19-5-3-10(4-6-19)8-18-14(20)12-7-11(16)9-17-13(12)15/h7,9-10H,2-6,8H2,1H3,(H,18,20). The van der Waals surface area contributed by atoms with Crippen LogP contribution in [0.15, 0.2) is 12.3 Å². The largest absolute Gasteiger partial charge is 0.352 e. The Morgan fingerprint density at radius 2 is 2.25 bits per heavy atom. The molecule has 0 unspecified atom stereocenters. The zero-order chi connectivity index (χ0) is 14.5. The minimum atomic E-state index is -0.559. The second-order valence-corrected chi connectivity index (χ2v) is 5.44. The van der Waals surface area contributed by atoms with Crippen LogP contribution < -0.4 is 5.32 Å². The topological polar surface area (TPSA) is 45.2 Å². The van der Waals surface area contributed by atoms with E-state index in [0.29, 0.717) is 12.5 Å². The monoisotopic (exact) mass is 299 g/mol. The van der Waals surface area contributed by atoms with Gasteiger partial charge >= 0.3 is 0 Å². The first-order valence-electron chi connectivity index (χ1n) is 6.91. The van der Waals surface area contributed by atoms with E-state index < -0.39 is 5.82 Å². The molecule has 1 aliphatic rings. The zero-order valence-electron chi connectivity index (χ0n) is 11.5. The van der Waals surface area contributed by atoms with Crippen LogP contribution in [0.1, 0.15) is 30.1 Å². The molecule has 6 heteroatoms. The van der Waals surface area contributed by atoms with E-state index in [1.54, 1.807) is 0 Å². The Hall–Kier alpha value is -1.20. The van der Waals surface area contributed by atoms with Crippen LogP contribution in [-0.4, -0.2) is 42.0 Å². The van der Waals surface area contributed by atoms with E-state index in [1.807, 2.05) is 0 Å². The molecule has 0 atom stereocenters. The van der Waals surface area contributed by atoms with Crippen molar-refractivity contribution in [3.8, 4) is 0 Å². The summed E-state index contributed by atoms with van der Waals surface area (Å²) in [5, 5.41) is 2.85. The number of nitrogens with zero attached hydrogens (tertiary/aromatic N) is 2. The van der Waals surface area contributed by atoms with Crippen LogP contribution >= 0.6 is 11.6 Å². The molecule has 4 nitrogen and oxygen atoms in total. The van der Waals surface area contributed by atoms with E-state index in [1.165, 1.54) is 0 Å². The zero-order valence-corrected chi connectivity index (χ0v) is 12.3. The maximum Gasteiger partial charge on any atom is 0.254 e. The summed E-state index contributed by atoms with van der Waals surface area (Å²) in [7, 11) is 0.